The van der Waals surface area contributed by atoms with Gasteiger partial charge in [-0.1, -0.05) is 55.1 Å². The first-order valence-electron chi connectivity index (χ1n) is 24.4. The SMILES string of the molecule is C=NC(=NC)/C(Cl)=C\Nc1ccc(C(=O)N2CCN(C)CC2)cc1OC.CC(C)(SCC1CCCCC1)C(NC(=O)C1(F)CC1)C(=O)N1CCCC1C=O.CN.CNCc1ccc(-c2scnc2C)cc1. The summed E-state index contributed by atoms with van der Waals surface area (Å²) in [5.74, 6) is 1.52. The molecular formula is C52H76ClFN10O5S2. The molecule has 71 heavy (non-hydrogen) atoms. The number of carbonyl (C=O) groups excluding carboxylic acids is 4. The fourth-order valence-electron chi connectivity index (χ4n) is 8.42. The van der Waals surface area contributed by atoms with Crippen LogP contribution < -0.4 is 26.4 Å². The van der Waals surface area contributed by atoms with E-state index in [0.29, 0.717) is 46.8 Å². The van der Waals surface area contributed by atoms with Crippen LogP contribution in [0.1, 0.15) is 93.3 Å². The number of benzene rings is 2. The van der Waals surface area contributed by atoms with E-state index in [0.717, 1.165) is 56.9 Å². The van der Waals surface area contributed by atoms with E-state index in [1.54, 1.807) is 66.6 Å². The van der Waals surface area contributed by atoms with Gasteiger partial charge in [0.1, 0.15) is 23.1 Å². The Bertz CT molecular complexity index is 2260. The zero-order valence-electron chi connectivity index (χ0n) is 42.9. The average Bonchev–Trinajstić information content (AvgIpc) is 3.72. The van der Waals surface area contributed by atoms with Crippen molar-refractivity contribution in [1.29, 1.82) is 0 Å². The van der Waals surface area contributed by atoms with Crippen molar-refractivity contribution in [1.82, 2.24) is 30.3 Å². The Morgan fingerprint density at radius 2 is 1.73 bits per heavy atom. The summed E-state index contributed by atoms with van der Waals surface area (Å²) in [6.45, 7) is 14.0. The summed E-state index contributed by atoms with van der Waals surface area (Å²) < 4.78 is 19.1. The minimum atomic E-state index is -1.82. The van der Waals surface area contributed by atoms with E-state index in [9.17, 15) is 23.6 Å². The molecule has 2 saturated carbocycles. The molecule has 0 spiro atoms. The number of nitrogens with two attached hydrogens (primary N) is 1. The lowest BCUT2D eigenvalue weighted by molar-refractivity contribution is -0.140. The summed E-state index contributed by atoms with van der Waals surface area (Å²) in [5, 5.41) is 9.23. The molecule has 390 valence electrons. The highest BCUT2D eigenvalue weighted by Crippen LogP contribution is 2.41. The van der Waals surface area contributed by atoms with Crippen molar-refractivity contribution in [3.63, 3.8) is 0 Å². The van der Waals surface area contributed by atoms with Crippen LogP contribution in [0, 0.1) is 12.8 Å². The number of hydrogen-bond donors (Lipinski definition) is 4. The highest BCUT2D eigenvalue weighted by Gasteiger charge is 2.53. The highest BCUT2D eigenvalue weighted by molar-refractivity contribution is 8.00. The molecule has 15 nitrogen and oxygen atoms in total. The molecule has 2 unspecified atom stereocenters. The molecule has 3 amide bonds. The summed E-state index contributed by atoms with van der Waals surface area (Å²) >= 11 is 9.50. The molecule has 2 aliphatic heterocycles. The lowest BCUT2D eigenvalue weighted by Gasteiger charge is -2.38. The first kappa shape index (κ1) is 58.8. The first-order valence-corrected chi connectivity index (χ1v) is 26.7. The Balaban J connectivity index is 0.000000236. The fourth-order valence-corrected chi connectivity index (χ4v) is 10.8. The van der Waals surface area contributed by atoms with E-state index >= 15 is 0 Å². The van der Waals surface area contributed by atoms with Gasteiger partial charge in [0.05, 0.1) is 34.9 Å². The van der Waals surface area contributed by atoms with Crippen LogP contribution in [0.3, 0.4) is 0 Å². The number of aryl methyl sites for hydroxylation is 1. The highest BCUT2D eigenvalue weighted by atomic mass is 35.5. The van der Waals surface area contributed by atoms with Gasteiger partial charge in [-0.2, -0.15) is 11.8 Å². The lowest BCUT2D eigenvalue weighted by Crippen LogP contribution is -2.59. The summed E-state index contributed by atoms with van der Waals surface area (Å²) in [6, 6.07) is 12.6. The predicted octanol–water partition coefficient (Wildman–Crippen LogP) is 7.97. The normalized spacial score (nSPS) is 18.5. The molecule has 0 radical (unpaired) electrons. The van der Waals surface area contributed by atoms with Crippen LogP contribution in [0.15, 0.2) is 69.2 Å². The quantitative estimate of drug-likeness (QED) is 0.0620. The molecule has 1 aromatic heterocycles. The predicted molar refractivity (Wildman–Crippen MR) is 291 cm³/mol. The van der Waals surface area contributed by atoms with Crippen molar-refractivity contribution >= 4 is 76.9 Å². The number of rotatable bonds is 16. The van der Waals surface area contributed by atoms with Crippen molar-refractivity contribution in [2.24, 2.45) is 21.6 Å². The van der Waals surface area contributed by atoms with Gasteiger partial charge in [-0.15, -0.1) is 11.3 Å². The van der Waals surface area contributed by atoms with E-state index in [4.69, 9.17) is 16.3 Å². The van der Waals surface area contributed by atoms with E-state index in [2.05, 4.69) is 79.6 Å². The topological polar surface area (TPSA) is 187 Å². The number of halogens is 2. The van der Waals surface area contributed by atoms with Gasteiger partial charge in [0, 0.05) is 62.8 Å². The molecule has 2 atom stereocenters. The molecule has 3 heterocycles. The van der Waals surface area contributed by atoms with Crippen LogP contribution >= 0.6 is 34.7 Å². The number of amides is 3. The maximum absolute atomic E-state index is 14.3. The van der Waals surface area contributed by atoms with Crippen LogP contribution in [0.5, 0.6) is 5.75 Å². The molecule has 2 saturated heterocycles. The minimum absolute atomic E-state index is 0.00721. The molecule has 7 rings (SSSR count). The summed E-state index contributed by atoms with van der Waals surface area (Å²) in [4.78, 5) is 68.6. The maximum Gasteiger partial charge on any atom is 0.258 e. The molecule has 3 aromatic rings. The molecule has 4 aliphatic rings. The number of piperazine rings is 1. The van der Waals surface area contributed by atoms with Gasteiger partial charge in [-0.05, 0) is 128 Å². The number of thioether (sulfide) groups is 1. The van der Waals surface area contributed by atoms with E-state index in [-0.39, 0.29) is 24.7 Å². The third-order valence-corrected chi connectivity index (χ3v) is 15.9. The lowest BCUT2D eigenvalue weighted by atomic mass is 9.91. The number of alkyl halides is 1. The van der Waals surface area contributed by atoms with Crippen molar-refractivity contribution < 1.29 is 28.3 Å². The van der Waals surface area contributed by atoms with Crippen LogP contribution in [-0.2, 0) is 20.9 Å². The number of thiazole rings is 1. The van der Waals surface area contributed by atoms with Crippen molar-refractivity contribution in [3.05, 3.63) is 76.0 Å². The Morgan fingerprint density at radius 1 is 1.06 bits per heavy atom. The second kappa shape index (κ2) is 29.1. The van der Waals surface area contributed by atoms with Crippen LogP contribution in [0.2, 0.25) is 0 Å². The third-order valence-electron chi connectivity index (χ3n) is 13.0. The van der Waals surface area contributed by atoms with Gasteiger partial charge >= 0.3 is 0 Å². The van der Waals surface area contributed by atoms with Gasteiger partial charge in [0.2, 0.25) is 5.91 Å². The molecule has 2 aliphatic carbocycles. The number of nitrogens with one attached hydrogen (secondary N) is 3. The number of methoxy groups -OCH3 is 1. The van der Waals surface area contributed by atoms with Crippen LogP contribution in [-0.4, -0.2) is 153 Å². The Kier molecular flexibility index (Phi) is 24.1. The molecule has 2 aromatic carbocycles. The second-order valence-corrected chi connectivity index (χ2v) is 21.5. The van der Waals surface area contributed by atoms with Crippen LogP contribution in [0.25, 0.3) is 10.4 Å². The van der Waals surface area contributed by atoms with Gasteiger partial charge in [0.15, 0.2) is 11.5 Å². The van der Waals surface area contributed by atoms with Crippen molar-refractivity contribution in [3.8, 4) is 16.2 Å². The number of carbonyl (C=O) groups is 4. The number of aromatic nitrogens is 1. The smallest absolute Gasteiger partial charge is 0.258 e. The third kappa shape index (κ3) is 17.2. The maximum atomic E-state index is 14.3. The number of ether oxygens (including phenoxy) is 1. The van der Waals surface area contributed by atoms with Crippen molar-refractivity contribution in [2.45, 2.75) is 108 Å². The summed E-state index contributed by atoms with van der Waals surface area (Å²) in [6.07, 6.45) is 10.4. The van der Waals surface area contributed by atoms with Gasteiger partial charge in [0.25, 0.3) is 11.8 Å². The number of amidine groups is 1. The average molecular weight is 1040 g/mol. The van der Waals surface area contributed by atoms with E-state index in [1.165, 1.54) is 55.2 Å². The zero-order chi connectivity index (χ0) is 52.1. The monoisotopic (exact) mass is 1040 g/mol. The number of anilines is 1. The Hall–Kier alpha value is -4.72. The number of hydrogen-bond acceptors (Lipinski definition) is 13. The molecular weight excluding hydrogens is 963 g/mol. The minimum Gasteiger partial charge on any atom is -0.495 e. The van der Waals surface area contributed by atoms with Gasteiger partial charge in [-0.3, -0.25) is 19.4 Å². The fraction of sp³-hybridized carbons (Fsp3) is 0.558. The molecule has 0 bridgehead atoms. The number of aliphatic imine (C=N–C) groups is 2. The van der Waals surface area contributed by atoms with Gasteiger partial charge < -0.3 is 45.9 Å². The summed E-state index contributed by atoms with van der Waals surface area (Å²) in [7, 11) is 8.65. The van der Waals surface area contributed by atoms with E-state index < -0.39 is 28.4 Å². The van der Waals surface area contributed by atoms with Crippen LogP contribution in [0.4, 0.5) is 10.1 Å². The largest absolute Gasteiger partial charge is 0.495 e. The van der Waals surface area contributed by atoms with Gasteiger partial charge in [-0.25, -0.2) is 14.4 Å². The first-order chi connectivity index (χ1) is 34.1. The van der Waals surface area contributed by atoms with E-state index in [1.807, 2.05) is 38.2 Å². The zero-order valence-corrected chi connectivity index (χ0v) is 45.3. The number of nitrogens with zero attached hydrogens (tertiary/aromatic N) is 6. The Morgan fingerprint density at radius 3 is 2.30 bits per heavy atom. The number of aldehydes is 1. The standard InChI is InChI=1S/C21H33FN2O3S.C18H24ClN5O2.C12H14N2S.CH5N/c1-20(2,28-14-15-7-4-3-5-8-15)17(23-19(27)21(22)10-11-21)18(26)24-12-6-9-16(24)13-25;1-20-17(21-2)14(19)12-22-15-6-5-13(11-16(15)26-4)18(25)24-9-7-23(3)8-10-24;1-9-12(15-8-14-9)11-5-3-10(4-6-11)7-13-2;1-2/h13,15-17H,3-12,14H2,1-2H3,(H,23,27);5-6,11-12,22H,1,7-10H2,2-4H3;3-6,8,13H,7H2,1-2H3;2H2,1H3/b;14-12+,21-17?;;. The second-order valence-electron chi connectivity index (χ2n) is 18.5. The number of likely N-dealkylation sites (tertiary alicyclic amines) is 1. The van der Waals surface area contributed by atoms with Crippen molar-refractivity contribution in [2.75, 3.05) is 79.1 Å². The number of likely N-dealkylation sites (N-methyl/N-ethyl adjacent to an activating group) is 1. The molecule has 5 N–H and O–H groups in total. The summed E-state index contributed by atoms with van der Waals surface area (Å²) in [5.41, 5.74) is 9.53. The molecule has 4 fully saturated rings. The molecule has 19 heteroatoms. The Labute approximate surface area is 434 Å².